The summed E-state index contributed by atoms with van der Waals surface area (Å²) in [5.41, 5.74) is -0.838. The van der Waals surface area contributed by atoms with Crippen molar-refractivity contribution < 1.29 is 37.9 Å². The highest BCUT2D eigenvalue weighted by Gasteiger charge is 2.50. The van der Waals surface area contributed by atoms with Crippen molar-refractivity contribution in [2.24, 2.45) is 11.8 Å². The van der Waals surface area contributed by atoms with Gasteiger partial charge in [-0.2, -0.15) is 0 Å². The van der Waals surface area contributed by atoms with E-state index in [0.29, 0.717) is 45.0 Å². The van der Waals surface area contributed by atoms with Gasteiger partial charge in [-0.3, -0.25) is 24.1 Å². The van der Waals surface area contributed by atoms with Crippen LogP contribution in [0.2, 0.25) is 0 Å². The highest BCUT2D eigenvalue weighted by molar-refractivity contribution is 5.99. The molecule has 3 rings (SSSR count). The fraction of sp³-hybridized carbons (Fsp3) is 0.750. The van der Waals surface area contributed by atoms with E-state index >= 15 is 0 Å². The Kier molecular flexibility index (Phi) is 11.8. The normalized spacial score (nSPS) is 21.3. The van der Waals surface area contributed by atoms with Crippen LogP contribution in [-0.2, 0) is 35.1 Å². The standard InChI is InChI=1S/C28H45N5O8/c1-17(2)11-20(24(34)28(5)16-40-28)29-27(37)23(15-38-6)31-25(35)21(12-18(3)4)30-26(36)22-13-19(41-32-22)14-33-7-9-39-10-8-33/h13,17-18,20-21,23H,7-12,14-16H2,1-6H3,(H,29,37)(H,30,36)(H,31,35)/t20?,21?,23-,28+/m0/s1. The van der Waals surface area contributed by atoms with Crippen LogP contribution in [0.5, 0.6) is 0 Å². The van der Waals surface area contributed by atoms with Crippen LogP contribution < -0.4 is 16.0 Å². The SMILES string of the molecule is COC[C@H](NC(=O)C(CC(C)C)NC(=O)c1cc(CN2CCOCC2)on1)C(=O)NC(CC(C)C)C(=O)[C@@]1(C)CO1. The molecule has 0 aromatic carbocycles. The molecule has 13 heteroatoms. The molecule has 230 valence electrons. The van der Waals surface area contributed by atoms with Crippen molar-refractivity contribution in [3.8, 4) is 0 Å². The molecule has 4 atom stereocenters. The van der Waals surface area contributed by atoms with E-state index in [1.807, 2.05) is 27.7 Å². The van der Waals surface area contributed by atoms with Crippen LogP contribution in [0.3, 0.4) is 0 Å². The number of morpholine rings is 1. The van der Waals surface area contributed by atoms with Crippen molar-refractivity contribution in [1.82, 2.24) is 26.0 Å². The summed E-state index contributed by atoms with van der Waals surface area (Å²) < 4.78 is 21.2. The number of nitrogens with one attached hydrogen (secondary N) is 3. The highest BCUT2D eigenvalue weighted by atomic mass is 16.6. The number of hydrogen-bond donors (Lipinski definition) is 3. The topological polar surface area (TPSA) is 165 Å². The Bertz CT molecular complexity index is 1050. The zero-order valence-corrected chi connectivity index (χ0v) is 25.0. The second-order valence-corrected chi connectivity index (χ2v) is 11.8. The number of rotatable bonds is 16. The number of ether oxygens (including phenoxy) is 3. The molecular formula is C28H45N5O8. The molecule has 2 saturated heterocycles. The Balaban J connectivity index is 1.65. The van der Waals surface area contributed by atoms with Gasteiger partial charge in [0.2, 0.25) is 11.8 Å². The second-order valence-electron chi connectivity index (χ2n) is 11.8. The average Bonchev–Trinajstić information content (AvgIpc) is 3.49. The smallest absolute Gasteiger partial charge is 0.274 e. The number of carbonyl (C=O) groups excluding carboxylic acids is 4. The second kappa shape index (κ2) is 14.9. The fourth-order valence-corrected chi connectivity index (χ4v) is 4.63. The van der Waals surface area contributed by atoms with E-state index in [2.05, 4.69) is 26.0 Å². The fourth-order valence-electron chi connectivity index (χ4n) is 4.63. The molecule has 41 heavy (non-hydrogen) atoms. The Morgan fingerprint density at radius 3 is 2.15 bits per heavy atom. The summed E-state index contributed by atoms with van der Waals surface area (Å²) >= 11 is 0. The van der Waals surface area contributed by atoms with Crippen molar-refractivity contribution >= 4 is 23.5 Å². The summed E-state index contributed by atoms with van der Waals surface area (Å²) in [4.78, 5) is 54.7. The number of methoxy groups -OCH3 is 1. The van der Waals surface area contributed by atoms with Gasteiger partial charge in [-0.15, -0.1) is 0 Å². The molecule has 0 radical (unpaired) electrons. The van der Waals surface area contributed by atoms with Crippen LogP contribution in [0.25, 0.3) is 0 Å². The lowest BCUT2D eigenvalue weighted by molar-refractivity contribution is -0.134. The van der Waals surface area contributed by atoms with Gasteiger partial charge in [0.05, 0.1) is 39.0 Å². The lowest BCUT2D eigenvalue weighted by Gasteiger charge is -2.26. The third kappa shape index (κ3) is 9.87. The minimum absolute atomic E-state index is 0.0577. The quantitative estimate of drug-likeness (QED) is 0.237. The molecule has 0 spiro atoms. The lowest BCUT2D eigenvalue weighted by atomic mass is 9.93. The Hall–Kier alpha value is -2.87. The summed E-state index contributed by atoms with van der Waals surface area (Å²) in [6.45, 7) is 12.9. The number of hydrogen-bond acceptors (Lipinski definition) is 10. The molecular weight excluding hydrogens is 534 g/mol. The molecule has 0 bridgehead atoms. The van der Waals surface area contributed by atoms with Crippen LogP contribution >= 0.6 is 0 Å². The molecule has 2 fully saturated rings. The minimum atomic E-state index is -1.08. The molecule has 0 saturated carbocycles. The van der Waals surface area contributed by atoms with E-state index in [1.165, 1.54) is 7.11 Å². The minimum Gasteiger partial charge on any atom is -0.382 e. The van der Waals surface area contributed by atoms with Crippen LogP contribution in [0.15, 0.2) is 10.6 Å². The number of amides is 3. The molecule has 13 nitrogen and oxygen atoms in total. The number of carbonyl (C=O) groups is 4. The third-order valence-electron chi connectivity index (χ3n) is 7.01. The van der Waals surface area contributed by atoms with Crippen LogP contribution in [0.4, 0.5) is 0 Å². The maximum absolute atomic E-state index is 13.4. The number of Topliss-reactive ketones (excluding diaryl/α,β-unsaturated/α-hetero) is 1. The summed E-state index contributed by atoms with van der Waals surface area (Å²) in [7, 11) is 1.41. The molecule has 3 heterocycles. The number of nitrogens with zero attached hydrogens (tertiary/aromatic N) is 2. The first-order valence-corrected chi connectivity index (χ1v) is 14.3. The van der Waals surface area contributed by atoms with Crippen molar-refractivity contribution in [1.29, 1.82) is 0 Å². The molecule has 3 amide bonds. The van der Waals surface area contributed by atoms with Crippen molar-refractivity contribution in [3.63, 3.8) is 0 Å². The molecule has 2 aliphatic heterocycles. The first kappa shape index (κ1) is 32.6. The molecule has 1 aromatic heterocycles. The Morgan fingerprint density at radius 2 is 1.56 bits per heavy atom. The zero-order valence-electron chi connectivity index (χ0n) is 25.0. The predicted molar refractivity (Wildman–Crippen MR) is 148 cm³/mol. The zero-order chi connectivity index (χ0) is 30.2. The van der Waals surface area contributed by atoms with Gasteiger partial charge in [0, 0.05) is 26.3 Å². The Morgan fingerprint density at radius 1 is 0.976 bits per heavy atom. The summed E-state index contributed by atoms with van der Waals surface area (Å²) in [6.07, 6.45) is 0.746. The molecule has 3 N–H and O–H groups in total. The maximum Gasteiger partial charge on any atom is 0.274 e. The van der Waals surface area contributed by atoms with E-state index in [0.717, 1.165) is 13.1 Å². The third-order valence-corrected chi connectivity index (χ3v) is 7.01. The van der Waals surface area contributed by atoms with Gasteiger partial charge < -0.3 is 34.7 Å². The van der Waals surface area contributed by atoms with Gasteiger partial charge in [0.25, 0.3) is 5.91 Å². The van der Waals surface area contributed by atoms with Crippen LogP contribution in [-0.4, -0.2) is 104 Å². The first-order valence-electron chi connectivity index (χ1n) is 14.3. The van der Waals surface area contributed by atoms with Crippen molar-refractivity contribution in [2.45, 2.75) is 77.7 Å². The van der Waals surface area contributed by atoms with Gasteiger partial charge in [-0.25, -0.2) is 0 Å². The average molecular weight is 580 g/mol. The highest BCUT2D eigenvalue weighted by Crippen LogP contribution is 2.29. The summed E-state index contributed by atoms with van der Waals surface area (Å²) in [5, 5.41) is 12.1. The van der Waals surface area contributed by atoms with Gasteiger partial charge in [-0.05, 0) is 31.6 Å². The van der Waals surface area contributed by atoms with Crippen LogP contribution in [0.1, 0.15) is 63.7 Å². The molecule has 1 aromatic rings. The van der Waals surface area contributed by atoms with E-state index in [9.17, 15) is 19.2 Å². The van der Waals surface area contributed by atoms with Crippen molar-refractivity contribution in [3.05, 3.63) is 17.5 Å². The van der Waals surface area contributed by atoms with E-state index in [-0.39, 0.29) is 29.9 Å². The maximum atomic E-state index is 13.4. The predicted octanol–water partition coefficient (Wildman–Crippen LogP) is 0.671. The Labute approximate surface area is 241 Å². The molecule has 0 aliphatic carbocycles. The molecule has 2 unspecified atom stereocenters. The first-order chi connectivity index (χ1) is 19.4. The van der Waals surface area contributed by atoms with Gasteiger partial charge in [0.15, 0.2) is 17.2 Å². The number of ketones is 1. The molecule has 2 aliphatic rings. The number of aromatic nitrogens is 1. The number of epoxide rings is 1. The van der Waals surface area contributed by atoms with E-state index < -0.39 is 41.4 Å². The van der Waals surface area contributed by atoms with Crippen LogP contribution in [0, 0.1) is 11.8 Å². The van der Waals surface area contributed by atoms with Crippen molar-refractivity contribution in [2.75, 3.05) is 46.6 Å². The summed E-state index contributed by atoms with van der Waals surface area (Å²) in [6, 6.07) is -1.23. The van der Waals surface area contributed by atoms with E-state index in [4.69, 9.17) is 18.7 Å². The largest absolute Gasteiger partial charge is 0.382 e. The van der Waals surface area contributed by atoms with E-state index in [1.54, 1.807) is 13.0 Å². The summed E-state index contributed by atoms with van der Waals surface area (Å²) in [5.74, 6) is -1.13. The lowest BCUT2D eigenvalue weighted by Crippen LogP contribution is -2.58. The van der Waals surface area contributed by atoms with Gasteiger partial charge >= 0.3 is 0 Å². The van der Waals surface area contributed by atoms with Gasteiger partial charge in [0.1, 0.15) is 17.7 Å². The monoisotopic (exact) mass is 579 g/mol. The van der Waals surface area contributed by atoms with Gasteiger partial charge in [-0.1, -0.05) is 32.9 Å².